The summed E-state index contributed by atoms with van der Waals surface area (Å²) in [5.74, 6) is -0.625. The quantitative estimate of drug-likeness (QED) is 0.567. The van der Waals surface area contributed by atoms with Crippen molar-refractivity contribution in [2.24, 2.45) is 0 Å². The Morgan fingerprint density at radius 3 is 2.14 bits per heavy atom. The molecule has 0 unspecified atom stereocenters. The van der Waals surface area contributed by atoms with Gasteiger partial charge in [-0.2, -0.15) is 0 Å². The van der Waals surface area contributed by atoms with Crippen molar-refractivity contribution in [2.45, 2.75) is 25.9 Å². The number of nitrogens with one attached hydrogen (secondary N) is 2. The molecule has 3 aromatic rings. The van der Waals surface area contributed by atoms with Gasteiger partial charge in [-0.3, -0.25) is 24.1 Å². The molecule has 35 heavy (non-hydrogen) atoms. The molecule has 1 atom stereocenters. The van der Waals surface area contributed by atoms with Gasteiger partial charge in [-0.1, -0.05) is 30.3 Å². The summed E-state index contributed by atoms with van der Waals surface area (Å²) < 4.78 is 0. The largest absolute Gasteiger partial charge is 0.326 e. The molecule has 2 aliphatic rings. The SMILES string of the molecule is CC(=O)Nc1ccc(NC(=O)CCCN2C(=O)c3ccccc3N3C(=O)c4ccccc4[C@@H]23)cc1. The van der Waals surface area contributed by atoms with Crippen molar-refractivity contribution in [3.8, 4) is 0 Å². The molecule has 0 radical (unpaired) electrons. The van der Waals surface area contributed by atoms with Gasteiger partial charge in [0.25, 0.3) is 11.8 Å². The first-order valence-corrected chi connectivity index (χ1v) is 11.4. The van der Waals surface area contributed by atoms with Gasteiger partial charge in [0.15, 0.2) is 0 Å². The molecule has 0 bridgehead atoms. The fourth-order valence-corrected chi connectivity index (χ4v) is 4.67. The lowest BCUT2D eigenvalue weighted by atomic mass is 10.0. The average Bonchev–Trinajstić information content (AvgIpc) is 3.15. The molecule has 2 heterocycles. The van der Waals surface area contributed by atoms with E-state index in [-0.39, 0.29) is 30.0 Å². The van der Waals surface area contributed by atoms with Gasteiger partial charge in [-0.25, -0.2) is 0 Å². The maximum absolute atomic E-state index is 13.4. The van der Waals surface area contributed by atoms with Crippen LogP contribution in [0.3, 0.4) is 0 Å². The van der Waals surface area contributed by atoms with E-state index in [2.05, 4.69) is 10.6 Å². The molecule has 0 fully saturated rings. The minimum atomic E-state index is -0.523. The molecule has 2 N–H and O–H groups in total. The number of amides is 4. The van der Waals surface area contributed by atoms with Crippen molar-refractivity contribution in [1.82, 2.24) is 4.90 Å². The molecule has 8 heteroatoms. The Morgan fingerprint density at radius 2 is 1.43 bits per heavy atom. The van der Waals surface area contributed by atoms with Crippen LogP contribution in [0, 0.1) is 0 Å². The second-order valence-corrected chi connectivity index (χ2v) is 8.56. The van der Waals surface area contributed by atoms with Crippen molar-refractivity contribution in [3.05, 3.63) is 89.5 Å². The first kappa shape index (κ1) is 22.3. The van der Waals surface area contributed by atoms with E-state index in [4.69, 9.17) is 0 Å². The van der Waals surface area contributed by atoms with Crippen molar-refractivity contribution < 1.29 is 19.2 Å². The van der Waals surface area contributed by atoms with Crippen LogP contribution in [0.1, 0.15) is 52.2 Å². The van der Waals surface area contributed by atoms with E-state index in [0.717, 1.165) is 5.56 Å². The van der Waals surface area contributed by atoms with Crippen LogP contribution in [0.4, 0.5) is 17.1 Å². The number of hydrogen-bond donors (Lipinski definition) is 2. The molecule has 5 rings (SSSR count). The number of carbonyl (C=O) groups is 4. The van der Waals surface area contributed by atoms with Gasteiger partial charge in [-0.15, -0.1) is 0 Å². The molecular formula is C27H24N4O4. The van der Waals surface area contributed by atoms with Crippen LogP contribution in [0.2, 0.25) is 0 Å². The van der Waals surface area contributed by atoms with Crippen LogP contribution in [-0.2, 0) is 9.59 Å². The summed E-state index contributed by atoms with van der Waals surface area (Å²) in [6.07, 6.45) is 0.122. The number of anilines is 3. The zero-order valence-electron chi connectivity index (χ0n) is 19.2. The molecule has 8 nitrogen and oxygen atoms in total. The summed E-state index contributed by atoms with van der Waals surface area (Å²) in [6, 6.07) is 21.3. The van der Waals surface area contributed by atoms with Crippen LogP contribution in [-0.4, -0.2) is 35.1 Å². The molecule has 0 saturated carbocycles. The van der Waals surface area contributed by atoms with Crippen molar-refractivity contribution in [1.29, 1.82) is 0 Å². The Balaban J connectivity index is 1.29. The minimum Gasteiger partial charge on any atom is -0.326 e. The Labute approximate surface area is 202 Å². The Hall–Kier alpha value is -4.46. The van der Waals surface area contributed by atoms with Gasteiger partial charge in [0.1, 0.15) is 6.17 Å². The summed E-state index contributed by atoms with van der Waals surface area (Å²) in [7, 11) is 0. The lowest BCUT2D eigenvalue weighted by molar-refractivity contribution is -0.116. The van der Waals surface area contributed by atoms with Gasteiger partial charge < -0.3 is 15.5 Å². The first-order chi connectivity index (χ1) is 16.9. The third kappa shape index (κ3) is 4.14. The summed E-state index contributed by atoms with van der Waals surface area (Å²) >= 11 is 0. The highest BCUT2D eigenvalue weighted by atomic mass is 16.2. The number of hydrogen-bond acceptors (Lipinski definition) is 4. The summed E-state index contributed by atoms with van der Waals surface area (Å²) in [4.78, 5) is 53.7. The van der Waals surface area contributed by atoms with Gasteiger partial charge in [0.05, 0.1) is 11.3 Å². The van der Waals surface area contributed by atoms with E-state index < -0.39 is 6.17 Å². The maximum atomic E-state index is 13.4. The van der Waals surface area contributed by atoms with Gasteiger partial charge in [-0.05, 0) is 48.9 Å². The normalized spacial score (nSPS) is 15.9. The van der Waals surface area contributed by atoms with Crippen LogP contribution < -0.4 is 15.5 Å². The van der Waals surface area contributed by atoms with E-state index >= 15 is 0 Å². The van der Waals surface area contributed by atoms with Gasteiger partial charge >= 0.3 is 0 Å². The van der Waals surface area contributed by atoms with Gasteiger partial charge in [0.2, 0.25) is 11.8 Å². The summed E-state index contributed by atoms with van der Waals surface area (Å²) in [5.41, 5.74) is 3.74. The molecule has 0 aliphatic carbocycles. The summed E-state index contributed by atoms with van der Waals surface area (Å²) in [6.45, 7) is 1.76. The number of carbonyl (C=O) groups excluding carboxylic acids is 4. The molecule has 3 aromatic carbocycles. The maximum Gasteiger partial charge on any atom is 0.260 e. The van der Waals surface area contributed by atoms with Crippen LogP contribution >= 0.6 is 0 Å². The number of rotatable bonds is 6. The highest BCUT2D eigenvalue weighted by Crippen LogP contribution is 2.45. The first-order valence-electron chi connectivity index (χ1n) is 11.4. The highest BCUT2D eigenvalue weighted by Gasteiger charge is 2.47. The third-order valence-corrected chi connectivity index (χ3v) is 6.17. The molecule has 2 aliphatic heterocycles. The average molecular weight is 469 g/mol. The lowest BCUT2D eigenvalue weighted by Crippen LogP contribution is -2.48. The highest BCUT2D eigenvalue weighted by molar-refractivity contribution is 6.16. The van der Waals surface area contributed by atoms with Crippen LogP contribution in [0.25, 0.3) is 0 Å². The predicted octanol–water partition coefficient (Wildman–Crippen LogP) is 4.18. The van der Waals surface area contributed by atoms with E-state index in [1.54, 1.807) is 58.3 Å². The van der Waals surface area contributed by atoms with Crippen molar-refractivity contribution >= 4 is 40.7 Å². The molecule has 176 valence electrons. The molecular weight excluding hydrogens is 444 g/mol. The minimum absolute atomic E-state index is 0.129. The van der Waals surface area contributed by atoms with E-state index in [0.29, 0.717) is 41.2 Å². The Kier molecular flexibility index (Phi) is 5.78. The molecule has 0 aromatic heterocycles. The predicted molar refractivity (Wildman–Crippen MR) is 132 cm³/mol. The second kappa shape index (κ2) is 9.06. The summed E-state index contributed by atoms with van der Waals surface area (Å²) in [5, 5.41) is 5.52. The number of para-hydroxylation sites is 1. The van der Waals surface area contributed by atoms with Crippen LogP contribution in [0.15, 0.2) is 72.8 Å². The number of fused-ring (bicyclic) bond motifs is 5. The smallest absolute Gasteiger partial charge is 0.260 e. The fourth-order valence-electron chi connectivity index (χ4n) is 4.67. The monoisotopic (exact) mass is 468 g/mol. The van der Waals surface area contributed by atoms with Crippen LogP contribution in [0.5, 0.6) is 0 Å². The molecule has 0 saturated heterocycles. The fraction of sp³-hybridized carbons (Fsp3) is 0.185. The van der Waals surface area contributed by atoms with E-state index in [9.17, 15) is 19.2 Å². The topological polar surface area (TPSA) is 98.8 Å². The Bertz CT molecular complexity index is 1340. The van der Waals surface area contributed by atoms with E-state index in [1.807, 2.05) is 24.3 Å². The zero-order valence-corrected chi connectivity index (χ0v) is 19.2. The van der Waals surface area contributed by atoms with E-state index in [1.165, 1.54) is 6.92 Å². The number of benzene rings is 3. The third-order valence-electron chi connectivity index (χ3n) is 6.17. The lowest BCUT2D eigenvalue weighted by Gasteiger charge is -2.41. The van der Waals surface area contributed by atoms with Crippen molar-refractivity contribution in [2.75, 3.05) is 22.1 Å². The van der Waals surface area contributed by atoms with Gasteiger partial charge in [0, 0.05) is 42.4 Å². The Morgan fingerprint density at radius 1 is 0.800 bits per heavy atom. The van der Waals surface area contributed by atoms with Crippen molar-refractivity contribution in [3.63, 3.8) is 0 Å². The molecule has 0 spiro atoms. The zero-order chi connectivity index (χ0) is 24.5. The standard InChI is InChI=1S/C27H24N4O4/c1-17(32)28-18-12-14-19(15-13-18)29-24(33)11-6-16-30-25-20-7-2-3-8-21(20)27(35)31(25)23-10-5-4-9-22(23)26(30)34/h2-5,7-10,12-15,25H,6,11,16H2,1H3,(H,28,32)(H,29,33)/t25-/m0/s1. The second-order valence-electron chi connectivity index (χ2n) is 8.56. The molecule has 4 amide bonds. The number of nitrogens with zero attached hydrogens (tertiary/aromatic N) is 2.